The Kier molecular flexibility index (Phi) is 12.5. The quantitative estimate of drug-likeness (QED) is 0.338. The van der Waals surface area contributed by atoms with Crippen LogP contribution in [0.1, 0.15) is 98.3 Å². The van der Waals surface area contributed by atoms with Crippen LogP contribution < -0.4 is 0 Å². The van der Waals surface area contributed by atoms with Gasteiger partial charge in [0.15, 0.2) is 0 Å². The van der Waals surface area contributed by atoms with E-state index in [0.29, 0.717) is 0 Å². The molecule has 0 nitrogen and oxygen atoms in total. The van der Waals surface area contributed by atoms with E-state index < -0.39 is 0 Å². The summed E-state index contributed by atoms with van der Waals surface area (Å²) in [7, 11) is 0. The van der Waals surface area contributed by atoms with Crippen LogP contribution in [0, 0.1) is 11.8 Å². The van der Waals surface area contributed by atoms with Gasteiger partial charge in [0.2, 0.25) is 0 Å². The van der Waals surface area contributed by atoms with Crippen molar-refractivity contribution in [1.82, 2.24) is 0 Å². The van der Waals surface area contributed by atoms with Crippen molar-refractivity contribution in [2.75, 3.05) is 0 Å². The Hall–Kier alpha value is 0. The number of rotatable bonds is 12. The lowest BCUT2D eigenvalue weighted by Gasteiger charge is -2.11. The smallest absolute Gasteiger partial charge is 0.0443 e. The zero-order chi connectivity index (χ0) is 12.9. The monoisotopic (exact) mass is 240 g/mol. The predicted octanol–water partition coefficient (Wildman–Crippen LogP) is 6.59. The first-order valence-corrected chi connectivity index (χ1v) is 8.20. The molecule has 0 aliphatic heterocycles. The highest BCUT2D eigenvalue weighted by Gasteiger charge is 2.02. The minimum atomic E-state index is 0.946. The van der Waals surface area contributed by atoms with Gasteiger partial charge in [0, 0.05) is 0 Å². The number of hydrogen-bond acceptors (Lipinski definition) is 0. The van der Waals surface area contributed by atoms with Gasteiger partial charge in [0.05, 0.1) is 0 Å². The maximum absolute atomic E-state index is 2.45. The normalized spacial score (nSPS) is 14.8. The van der Waals surface area contributed by atoms with E-state index in [9.17, 15) is 0 Å². The Bertz CT molecular complexity index is 139. The van der Waals surface area contributed by atoms with Crippen molar-refractivity contribution in [3.05, 3.63) is 0 Å². The van der Waals surface area contributed by atoms with Crippen molar-refractivity contribution < 1.29 is 0 Å². The van der Waals surface area contributed by atoms with Crippen LogP contribution in [0.2, 0.25) is 0 Å². The first-order valence-electron chi connectivity index (χ1n) is 8.20. The van der Waals surface area contributed by atoms with Gasteiger partial charge in [-0.2, -0.15) is 0 Å². The number of unbranched alkanes of at least 4 members (excludes halogenated alkanes) is 5. The summed E-state index contributed by atoms with van der Waals surface area (Å²) in [6.45, 7) is 9.43. The molecular weight excluding hydrogens is 204 g/mol. The summed E-state index contributed by atoms with van der Waals surface area (Å²) < 4.78 is 0. The highest BCUT2D eigenvalue weighted by molar-refractivity contribution is 4.56. The molecule has 0 bridgehead atoms. The second kappa shape index (κ2) is 12.5. The molecule has 0 aromatic carbocycles. The Morgan fingerprint density at radius 2 is 1.06 bits per heavy atom. The van der Waals surface area contributed by atoms with E-state index in [1.54, 1.807) is 0 Å². The van der Waals surface area contributed by atoms with Gasteiger partial charge in [-0.15, -0.1) is 0 Å². The fourth-order valence-corrected chi connectivity index (χ4v) is 2.43. The standard InChI is InChI=1S/C17H36/c1-5-7-8-10-14-17(4)15-12-9-11-13-16(3)6-2/h16-17H,5-15H2,1-4H3. The van der Waals surface area contributed by atoms with E-state index in [2.05, 4.69) is 27.7 Å². The average molecular weight is 240 g/mol. The zero-order valence-electron chi connectivity index (χ0n) is 12.9. The highest BCUT2D eigenvalue weighted by Crippen LogP contribution is 2.19. The molecule has 0 aromatic heterocycles. The Morgan fingerprint density at radius 3 is 1.53 bits per heavy atom. The van der Waals surface area contributed by atoms with Gasteiger partial charge in [0.1, 0.15) is 0 Å². The van der Waals surface area contributed by atoms with Gasteiger partial charge in [-0.05, 0) is 11.8 Å². The third-order valence-corrected chi connectivity index (χ3v) is 4.14. The summed E-state index contributed by atoms with van der Waals surface area (Å²) in [5.74, 6) is 1.91. The van der Waals surface area contributed by atoms with Gasteiger partial charge in [-0.25, -0.2) is 0 Å². The van der Waals surface area contributed by atoms with Gasteiger partial charge in [-0.3, -0.25) is 0 Å². The second-order valence-electron chi connectivity index (χ2n) is 6.11. The maximum Gasteiger partial charge on any atom is -0.0443 e. The zero-order valence-corrected chi connectivity index (χ0v) is 12.9. The highest BCUT2D eigenvalue weighted by atomic mass is 14.1. The first-order chi connectivity index (χ1) is 8.20. The number of hydrogen-bond donors (Lipinski definition) is 0. The molecule has 0 radical (unpaired) electrons. The molecule has 0 heterocycles. The van der Waals surface area contributed by atoms with E-state index in [1.807, 2.05) is 0 Å². The molecule has 0 N–H and O–H groups in total. The molecule has 104 valence electrons. The van der Waals surface area contributed by atoms with Crippen molar-refractivity contribution in [3.8, 4) is 0 Å². The van der Waals surface area contributed by atoms with E-state index >= 15 is 0 Å². The molecule has 0 amide bonds. The summed E-state index contributed by atoms with van der Waals surface area (Å²) in [6.07, 6.45) is 15.8. The minimum Gasteiger partial charge on any atom is -0.0654 e. The van der Waals surface area contributed by atoms with Crippen LogP contribution >= 0.6 is 0 Å². The van der Waals surface area contributed by atoms with Gasteiger partial charge in [-0.1, -0.05) is 98.3 Å². The van der Waals surface area contributed by atoms with Gasteiger partial charge < -0.3 is 0 Å². The third kappa shape index (κ3) is 12.2. The lowest BCUT2D eigenvalue weighted by molar-refractivity contribution is 0.421. The molecule has 17 heavy (non-hydrogen) atoms. The average Bonchev–Trinajstić information content (AvgIpc) is 2.34. The Labute approximate surface area is 111 Å². The van der Waals surface area contributed by atoms with Crippen molar-refractivity contribution in [2.45, 2.75) is 98.3 Å². The van der Waals surface area contributed by atoms with E-state index in [1.165, 1.54) is 70.6 Å². The van der Waals surface area contributed by atoms with E-state index in [-0.39, 0.29) is 0 Å². The van der Waals surface area contributed by atoms with Gasteiger partial charge in [0.25, 0.3) is 0 Å². The molecule has 0 spiro atoms. The van der Waals surface area contributed by atoms with Crippen molar-refractivity contribution in [2.24, 2.45) is 11.8 Å². The van der Waals surface area contributed by atoms with Crippen LogP contribution in [0.3, 0.4) is 0 Å². The Morgan fingerprint density at radius 1 is 0.588 bits per heavy atom. The summed E-state index contributed by atoms with van der Waals surface area (Å²) in [5, 5.41) is 0. The van der Waals surface area contributed by atoms with Crippen molar-refractivity contribution >= 4 is 0 Å². The molecule has 0 aliphatic carbocycles. The van der Waals surface area contributed by atoms with E-state index in [0.717, 1.165) is 11.8 Å². The molecule has 2 atom stereocenters. The maximum atomic E-state index is 2.45. The summed E-state index contributed by atoms with van der Waals surface area (Å²) in [4.78, 5) is 0. The van der Waals surface area contributed by atoms with Crippen LogP contribution in [0.25, 0.3) is 0 Å². The van der Waals surface area contributed by atoms with Crippen molar-refractivity contribution in [1.29, 1.82) is 0 Å². The fourth-order valence-electron chi connectivity index (χ4n) is 2.43. The molecule has 0 heteroatoms. The predicted molar refractivity (Wildman–Crippen MR) is 80.5 cm³/mol. The lowest BCUT2D eigenvalue weighted by atomic mass is 9.95. The first kappa shape index (κ1) is 17.0. The molecule has 0 aliphatic rings. The second-order valence-corrected chi connectivity index (χ2v) is 6.11. The van der Waals surface area contributed by atoms with Crippen LogP contribution in [-0.2, 0) is 0 Å². The summed E-state index contributed by atoms with van der Waals surface area (Å²) in [5.41, 5.74) is 0. The topological polar surface area (TPSA) is 0 Å². The summed E-state index contributed by atoms with van der Waals surface area (Å²) >= 11 is 0. The van der Waals surface area contributed by atoms with Crippen molar-refractivity contribution in [3.63, 3.8) is 0 Å². The summed E-state index contributed by atoms with van der Waals surface area (Å²) in [6, 6.07) is 0. The molecule has 0 fully saturated rings. The molecule has 0 aromatic rings. The largest absolute Gasteiger partial charge is 0.0654 e. The molecule has 0 rings (SSSR count). The van der Waals surface area contributed by atoms with Gasteiger partial charge >= 0.3 is 0 Å². The van der Waals surface area contributed by atoms with Crippen LogP contribution in [0.5, 0.6) is 0 Å². The fraction of sp³-hybridized carbons (Fsp3) is 1.00. The third-order valence-electron chi connectivity index (χ3n) is 4.14. The van der Waals surface area contributed by atoms with Crippen LogP contribution in [0.15, 0.2) is 0 Å². The molecular formula is C17H36. The Balaban J connectivity index is 3.18. The lowest BCUT2D eigenvalue weighted by Crippen LogP contribution is -1.96. The molecule has 2 unspecified atom stereocenters. The van der Waals surface area contributed by atoms with E-state index in [4.69, 9.17) is 0 Å². The molecule has 0 saturated heterocycles. The molecule has 0 saturated carbocycles. The van der Waals surface area contributed by atoms with Crippen LogP contribution in [-0.4, -0.2) is 0 Å². The van der Waals surface area contributed by atoms with Crippen LogP contribution in [0.4, 0.5) is 0 Å². The minimum absolute atomic E-state index is 0.946. The SMILES string of the molecule is CCCCCCC(C)CCCCCC(C)CC.